The van der Waals surface area contributed by atoms with E-state index in [0.717, 1.165) is 22.3 Å². The number of hydrogen-bond donors (Lipinski definition) is 1. The molecule has 0 fully saturated rings. The van der Waals surface area contributed by atoms with Gasteiger partial charge in [-0.15, -0.1) is 0 Å². The summed E-state index contributed by atoms with van der Waals surface area (Å²) < 4.78 is 5.16. The molecule has 3 rings (SSSR count). The number of anilines is 2. The van der Waals surface area contributed by atoms with Gasteiger partial charge >= 0.3 is 5.63 Å². The molecule has 0 saturated heterocycles. The maximum atomic E-state index is 11.3. The summed E-state index contributed by atoms with van der Waals surface area (Å²) in [7, 11) is 0. The number of rotatable bonds is 2. The molecule has 0 bridgehead atoms. The molecule has 0 aliphatic carbocycles. The number of benzene rings is 2. The number of halogens is 2. The van der Waals surface area contributed by atoms with Gasteiger partial charge < -0.3 is 9.73 Å². The van der Waals surface area contributed by atoms with E-state index < -0.39 is 0 Å². The highest BCUT2D eigenvalue weighted by molar-refractivity contribution is 6.35. The molecule has 0 unspecified atom stereocenters. The van der Waals surface area contributed by atoms with Crippen molar-refractivity contribution >= 4 is 45.5 Å². The summed E-state index contributed by atoms with van der Waals surface area (Å²) in [5.74, 6) is 0. The van der Waals surface area contributed by atoms with Crippen molar-refractivity contribution in [1.29, 1.82) is 0 Å². The van der Waals surface area contributed by atoms with E-state index in [1.165, 1.54) is 6.07 Å². The topological polar surface area (TPSA) is 42.2 Å². The second-order valence-electron chi connectivity index (χ2n) is 4.71. The van der Waals surface area contributed by atoms with Gasteiger partial charge in [-0.2, -0.15) is 0 Å². The molecule has 0 spiro atoms. The third kappa shape index (κ3) is 2.89. The monoisotopic (exact) mass is 319 g/mol. The minimum Gasteiger partial charge on any atom is -0.423 e. The van der Waals surface area contributed by atoms with Crippen molar-refractivity contribution in [2.45, 2.75) is 6.92 Å². The van der Waals surface area contributed by atoms with Gasteiger partial charge in [-0.3, -0.25) is 0 Å². The van der Waals surface area contributed by atoms with E-state index in [4.69, 9.17) is 27.6 Å². The molecule has 3 aromatic rings. The minimum absolute atomic E-state index is 0.349. The first-order chi connectivity index (χ1) is 10.0. The van der Waals surface area contributed by atoms with Crippen LogP contribution in [0.25, 0.3) is 11.0 Å². The van der Waals surface area contributed by atoms with Crippen LogP contribution < -0.4 is 10.9 Å². The average molecular weight is 320 g/mol. The van der Waals surface area contributed by atoms with E-state index >= 15 is 0 Å². The summed E-state index contributed by atoms with van der Waals surface area (Å²) in [6.07, 6.45) is 0. The molecule has 1 heterocycles. The third-order valence-corrected chi connectivity index (χ3v) is 3.72. The smallest absolute Gasteiger partial charge is 0.336 e. The van der Waals surface area contributed by atoms with Gasteiger partial charge in [0.2, 0.25) is 0 Å². The first kappa shape index (κ1) is 14.0. The first-order valence-corrected chi connectivity index (χ1v) is 7.05. The molecule has 0 amide bonds. The van der Waals surface area contributed by atoms with E-state index in [-0.39, 0.29) is 5.63 Å². The van der Waals surface area contributed by atoms with Crippen molar-refractivity contribution in [2.75, 3.05) is 5.32 Å². The molecule has 5 heteroatoms. The maximum Gasteiger partial charge on any atom is 0.336 e. The fraction of sp³-hybridized carbons (Fsp3) is 0.0625. The van der Waals surface area contributed by atoms with Crippen LogP contribution in [0.4, 0.5) is 11.4 Å². The van der Waals surface area contributed by atoms with E-state index in [1.54, 1.807) is 24.3 Å². The Morgan fingerprint density at radius 3 is 2.67 bits per heavy atom. The van der Waals surface area contributed by atoms with E-state index in [2.05, 4.69) is 5.32 Å². The Bertz CT molecular complexity index is 887. The van der Waals surface area contributed by atoms with Crippen LogP contribution in [0.3, 0.4) is 0 Å². The molecule has 0 aliphatic heterocycles. The van der Waals surface area contributed by atoms with Gasteiger partial charge in [0.25, 0.3) is 0 Å². The third-order valence-electron chi connectivity index (χ3n) is 3.16. The predicted octanol–water partition coefficient (Wildman–Crippen LogP) is 5.15. The molecule has 21 heavy (non-hydrogen) atoms. The quantitative estimate of drug-likeness (QED) is 0.664. The Morgan fingerprint density at radius 1 is 1.05 bits per heavy atom. The van der Waals surface area contributed by atoms with Crippen LogP contribution in [0.2, 0.25) is 10.0 Å². The minimum atomic E-state index is -0.349. The molecule has 0 aliphatic rings. The van der Waals surface area contributed by atoms with Crippen LogP contribution in [-0.4, -0.2) is 0 Å². The van der Waals surface area contributed by atoms with E-state index in [1.807, 2.05) is 19.1 Å². The zero-order valence-corrected chi connectivity index (χ0v) is 12.6. The summed E-state index contributed by atoms with van der Waals surface area (Å²) in [6, 6.07) is 12.2. The molecule has 3 nitrogen and oxygen atoms in total. The Balaban J connectivity index is 2.05. The lowest BCUT2D eigenvalue weighted by Gasteiger charge is -2.10. The van der Waals surface area contributed by atoms with Crippen LogP contribution in [0.15, 0.2) is 51.7 Å². The van der Waals surface area contributed by atoms with Crippen molar-refractivity contribution < 1.29 is 4.42 Å². The van der Waals surface area contributed by atoms with Crippen LogP contribution in [0, 0.1) is 6.92 Å². The van der Waals surface area contributed by atoms with Crippen LogP contribution in [-0.2, 0) is 0 Å². The summed E-state index contributed by atoms with van der Waals surface area (Å²) in [4.78, 5) is 11.3. The Kier molecular flexibility index (Phi) is 3.62. The van der Waals surface area contributed by atoms with Crippen LogP contribution >= 0.6 is 23.2 Å². The molecular weight excluding hydrogens is 309 g/mol. The molecule has 0 saturated carbocycles. The summed E-state index contributed by atoms with van der Waals surface area (Å²) >= 11 is 12.1. The number of aryl methyl sites for hydroxylation is 1. The highest BCUT2D eigenvalue weighted by Gasteiger charge is 2.06. The van der Waals surface area contributed by atoms with Crippen LogP contribution in [0.1, 0.15) is 5.56 Å². The number of hydrogen-bond acceptors (Lipinski definition) is 3. The Morgan fingerprint density at radius 2 is 1.86 bits per heavy atom. The lowest BCUT2D eigenvalue weighted by molar-refractivity contribution is 0.560. The van der Waals surface area contributed by atoms with Gasteiger partial charge in [-0.25, -0.2) is 4.79 Å². The molecular formula is C16H11Cl2NO2. The van der Waals surface area contributed by atoms with Crippen molar-refractivity contribution in [2.24, 2.45) is 0 Å². The van der Waals surface area contributed by atoms with Gasteiger partial charge in [-0.1, -0.05) is 23.2 Å². The SMILES string of the molecule is Cc1cc(=O)oc2ccc(Nc3cc(Cl)ccc3Cl)cc12. The summed E-state index contributed by atoms with van der Waals surface area (Å²) in [5, 5.41) is 5.26. The average Bonchev–Trinajstić information content (AvgIpc) is 2.43. The van der Waals surface area contributed by atoms with Crippen molar-refractivity contribution in [3.05, 3.63) is 68.5 Å². The van der Waals surface area contributed by atoms with Crippen LogP contribution in [0.5, 0.6) is 0 Å². The van der Waals surface area contributed by atoms with Crippen molar-refractivity contribution in [3.8, 4) is 0 Å². The largest absolute Gasteiger partial charge is 0.423 e. The normalized spacial score (nSPS) is 10.8. The van der Waals surface area contributed by atoms with Gasteiger partial charge in [0.05, 0.1) is 10.7 Å². The highest BCUT2D eigenvalue weighted by Crippen LogP contribution is 2.30. The second kappa shape index (κ2) is 5.43. The Hall–Kier alpha value is -1.97. The molecule has 106 valence electrons. The molecule has 2 aromatic carbocycles. The maximum absolute atomic E-state index is 11.3. The van der Waals surface area contributed by atoms with Gasteiger partial charge in [0.15, 0.2) is 0 Å². The number of nitrogens with one attached hydrogen (secondary N) is 1. The molecule has 1 aromatic heterocycles. The number of fused-ring (bicyclic) bond motifs is 1. The van der Waals surface area contributed by atoms with E-state index in [0.29, 0.717) is 15.6 Å². The molecule has 0 radical (unpaired) electrons. The Labute approximate surface area is 131 Å². The van der Waals surface area contributed by atoms with Crippen molar-refractivity contribution in [3.63, 3.8) is 0 Å². The zero-order chi connectivity index (χ0) is 15.0. The fourth-order valence-electron chi connectivity index (χ4n) is 2.15. The zero-order valence-electron chi connectivity index (χ0n) is 11.1. The van der Waals surface area contributed by atoms with E-state index in [9.17, 15) is 4.79 Å². The van der Waals surface area contributed by atoms with Gasteiger partial charge in [0, 0.05) is 22.2 Å². The fourth-order valence-corrected chi connectivity index (χ4v) is 2.48. The lowest BCUT2D eigenvalue weighted by Crippen LogP contribution is -1.98. The van der Waals surface area contributed by atoms with Crippen molar-refractivity contribution in [1.82, 2.24) is 0 Å². The van der Waals surface area contributed by atoms with Gasteiger partial charge in [-0.05, 0) is 48.9 Å². The second-order valence-corrected chi connectivity index (χ2v) is 5.55. The molecule has 1 N–H and O–H groups in total. The lowest BCUT2D eigenvalue weighted by atomic mass is 10.1. The molecule has 0 atom stereocenters. The predicted molar refractivity (Wildman–Crippen MR) is 87.0 cm³/mol. The summed E-state index contributed by atoms with van der Waals surface area (Å²) in [5.41, 5.74) is 2.63. The summed E-state index contributed by atoms with van der Waals surface area (Å²) in [6.45, 7) is 1.87. The highest BCUT2D eigenvalue weighted by atomic mass is 35.5. The van der Waals surface area contributed by atoms with Gasteiger partial charge in [0.1, 0.15) is 5.58 Å². The standard InChI is InChI=1S/C16H11Cl2NO2/c1-9-6-16(20)21-15-5-3-11(8-12(9)15)19-14-7-10(17)2-4-13(14)18/h2-8,19H,1H3. The first-order valence-electron chi connectivity index (χ1n) is 6.29.